The first-order valence-electron chi connectivity index (χ1n) is 5.79. The van der Waals surface area contributed by atoms with E-state index >= 15 is 0 Å². The second-order valence-corrected chi connectivity index (χ2v) is 4.36. The Morgan fingerprint density at radius 1 is 1.27 bits per heavy atom. The van der Waals surface area contributed by atoms with Gasteiger partial charge in [0.2, 0.25) is 0 Å². The molecule has 1 fully saturated rings. The molecule has 82 valence electrons. The summed E-state index contributed by atoms with van der Waals surface area (Å²) in [5.41, 5.74) is 1.29. The molecule has 1 aliphatic rings. The largest absolute Gasteiger partial charge is 0.395 e. The Hall–Kier alpha value is -0.860. The zero-order chi connectivity index (χ0) is 10.5. The maximum Gasteiger partial charge on any atom is 0.0587 e. The van der Waals surface area contributed by atoms with Gasteiger partial charge in [-0.25, -0.2) is 0 Å². The second kappa shape index (κ2) is 5.29. The number of nitrogens with one attached hydrogen (secondary N) is 1. The number of hydrogen-bond acceptors (Lipinski definition) is 2. The molecule has 0 radical (unpaired) electrons. The average molecular weight is 205 g/mol. The fraction of sp³-hybridized carbons (Fsp3) is 0.538. The Morgan fingerprint density at radius 2 is 2.00 bits per heavy atom. The first-order valence-corrected chi connectivity index (χ1v) is 5.79. The van der Waals surface area contributed by atoms with Crippen LogP contribution in [0.1, 0.15) is 24.8 Å². The normalized spacial score (nSPS) is 18.5. The lowest BCUT2D eigenvalue weighted by Gasteiger charge is -2.30. The molecule has 0 spiro atoms. The number of aliphatic hydroxyl groups is 1. The SMILES string of the molecule is OC[C@@H](Cc1ccccc1)NC1CCC1. The molecule has 2 heteroatoms. The summed E-state index contributed by atoms with van der Waals surface area (Å²) in [4.78, 5) is 0. The van der Waals surface area contributed by atoms with Gasteiger partial charge in [-0.1, -0.05) is 36.8 Å². The van der Waals surface area contributed by atoms with Crippen LogP contribution in [-0.4, -0.2) is 23.8 Å². The zero-order valence-electron chi connectivity index (χ0n) is 9.02. The van der Waals surface area contributed by atoms with E-state index in [1.807, 2.05) is 18.2 Å². The molecule has 2 rings (SSSR count). The van der Waals surface area contributed by atoms with Gasteiger partial charge in [-0.05, 0) is 24.8 Å². The van der Waals surface area contributed by atoms with Gasteiger partial charge in [0.1, 0.15) is 0 Å². The van der Waals surface area contributed by atoms with Crippen molar-refractivity contribution in [2.45, 2.75) is 37.8 Å². The van der Waals surface area contributed by atoms with Crippen molar-refractivity contribution in [3.63, 3.8) is 0 Å². The van der Waals surface area contributed by atoms with E-state index in [4.69, 9.17) is 0 Å². The second-order valence-electron chi connectivity index (χ2n) is 4.36. The van der Waals surface area contributed by atoms with Gasteiger partial charge < -0.3 is 10.4 Å². The van der Waals surface area contributed by atoms with Crippen LogP contribution in [0.5, 0.6) is 0 Å². The number of aliphatic hydroxyl groups excluding tert-OH is 1. The average Bonchev–Trinajstić information content (AvgIpc) is 2.23. The Bertz CT molecular complexity index is 282. The third kappa shape index (κ3) is 3.05. The maximum atomic E-state index is 9.29. The minimum Gasteiger partial charge on any atom is -0.395 e. The lowest BCUT2D eigenvalue weighted by atomic mass is 9.92. The lowest BCUT2D eigenvalue weighted by Crippen LogP contribution is -2.45. The van der Waals surface area contributed by atoms with Crippen molar-refractivity contribution in [1.29, 1.82) is 0 Å². The van der Waals surface area contributed by atoms with Crippen LogP contribution in [0.15, 0.2) is 30.3 Å². The maximum absolute atomic E-state index is 9.29. The van der Waals surface area contributed by atoms with E-state index in [2.05, 4.69) is 17.4 Å². The van der Waals surface area contributed by atoms with Crippen molar-refractivity contribution in [1.82, 2.24) is 5.32 Å². The van der Waals surface area contributed by atoms with Crippen molar-refractivity contribution in [3.8, 4) is 0 Å². The minimum absolute atomic E-state index is 0.220. The van der Waals surface area contributed by atoms with Crippen LogP contribution in [0.3, 0.4) is 0 Å². The summed E-state index contributed by atoms with van der Waals surface area (Å²) in [6.45, 7) is 0.228. The number of benzene rings is 1. The van der Waals surface area contributed by atoms with Crippen LogP contribution in [0.25, 0.3) is 0 Å². The van der Waals surface area contributed by atoms with E-state index in [0.717, 1.165) is 6.42 Å². The van der Waals surface area contributed by atoms with Crippen LogP contribution in [-0.2, 0) is 6.42 Å². The highest BCUT2D eigenvalue weighted by atomic mass is 16.3. The van der Waals surface area contributed by atoms with Crippen LogP contribution in [0, 0.1) is 0 Å². The highest BCUT2D eigenvalue weighted by Gasteiger charge is 2.20. The minimum atomic E-state index is 0.220. The molecule has 0 bridgehead atoms. The zero-order valence-corrected chi connectivity index (χ0v) is 9.02. The van der Waals surface area contributed by atoms with E-state index in [0.29, 0.717) is 6.04 Å². The van der Waals surface area contributed by atoms with E-state index in [1.165, 1.54) is 24.8 Å². The molecule has 1 atom stereocenters. The first kappa shape index (κ1) is 10.7. The summed E-state index contributed by atoms with van der Waals surface area (Å²) < 4.78 is 0. The summed E-state index contributed by atoms with van der Waals surface area (Å²) >= 11 is 0. The molecule has 15 heavy (non-hydrogen) atoms. The molecule has 2 nitrogen and oxygen atoms in total. The summed E-state index contributed by atoms with van der Waals surface area (Å²) in [6, 6.07) is 11.2. The summed E-state index contributed by atoms with van der Waals surface area (Å²) in [5, 5.41) is 12.8. The van der Waals surface area contributed by atoms with Crippen molar-refractivity contribution in [3.05, 3.63) is 35.9 Å². The standard InChI is InChI=1S/C13H19NO/c15-10-13(14-12-7-4-8-12)9-11-5-2-1-3-6-11/h1-3,5-6,12-15H,4,7-10H2/t13-/m1/s1. The molecule has 0 saturated heterocycles. The monoisotopic (exact) mass is 205 g/mol. The van der Waals surface area contributed by atoms with Crippen LogP contribution in [0.2, 0.25) is 0 Å². The summed E-state index contributed by atoms with van der Waals surface area (Å²) in [5.74, 6) is 0. The van der Waals surface area contributed by atoms with Gasteiger partial charge >= 0.3 is 0 Å². The van der Waals surface area contributed by atoms with E-state index < -0.39 is 0 Å². The molecule has 1 saturated carbocycles. The highest BCUT2D eigenvalue weighted by molar-refractivity contribution is 5.16. The smallest absolute Gasteiger partial charge is 0.0587 e. The Kier molecular flexibility index (Phi) is 3.75. The molecule has 0 aliphatic heterocycles. The Labute approximate surface area is 91.3 Å². The lowest BCUT2D eigenvalue weighted by molar-refractivity contribution is 0.207. The van der Waals surface area contributed by atoms with Crippen molar-refractivity contribution in [2.24, 2.45) is 0 Å². The Balaban J connectivity index is 1.84. The predicted molar refractivity (Wildman–Crippen MR) is 61.8 cm³/mol. The van der Waals surface area contributed by atoms with Crippen LogP contribution in [0.4, 0.5) is 0 Å². The summed E-state index contributed by atoms with van der Waals surface area (Å²) in [7, 11) is 0. The molecule has 1 aromatic carbocycles. The van der Waals surface area contributed by atoms with Gasteiger partial charge in [-0.15, -0.1) is 0 Å². The molecule has 1 aliphatic carbocycles. The third-order valence-electron chi connectivity index (χ3n) is 3.12. The molecule has 1 aromatic rings. The van der Waals surface area contributed by atoms with Crippen molar-refractivity contribution < 1.29 is 5.11 Å². The van der Waals surface area contributed by atoms with Gasteiger partial charge in [-0.2, -0.15) is 0 Å². The third-order valence-corrected chi connectivity index (χ3v) is 3.12. The van der Waals surface area contributed by atoms with Gasteiger partial charge in [0, 0.05) is 12.1 Å². The predicted octanol–water partition coefficient (Wildman–Crippen LogP) is 1.73. The topological polar surface area (TPSA) is 32.3 Å². The Morgan fingerprint density at radius 3 is 2.53 bits per heavy atom. The van der Waals surface area contributed by atoms with Gasteiger partial charge in [0.05, 0.1) is 6.61 Å². The molecule has 0 heterocycles. The number of rotatable bonds is 5. The first-order chi connectivity index (χ1) is 7.38. The fourth-order valence-electron chi connectivity index (χ4n) is 1.98. The molecule has 0 amide bonds. The quantitative estimate of drug-likeness (QED) is 0.767. The van der Waals surface area contributed by atoms with Crippen molar-refractivity contribution >= 4 is 0 Å². The molecular weight excluding hydrogens is 186 g/mol. The van der Waals surface area contributed by atoms with Crippen LogP contribution < -0.4 is 5.32 Å². The van der Waals surface area contributed by atoms with E-state index in [-0.39, 0.29) is 12.6 Å². The van der Waals surface area contributed by atoms with Gasteiger partial charge in [-0.3, -0.25) is 0 Å². The van der Waals surface area contributed by atoms with Crippen LogP contribution >= 0.6 is 0 Å². The van der Waals surface area contributed by atoms with E-state index in [9.17, 15) is 5.11 Å². The number of hydrogen-bond donors (Lipinski definition) is 2. The van der Waals surface area contributed by atoms with Gasteiger partial charge in [0.15, 0.2) is 0 Å². The highest BCUT2D eigenvalue weighted by Crippen LogP contribution is 2.19. The van der Waals surface area contributed by atoms with Crippen molar-refractivity contribution in [2.75, 3.05) is 6.61 Å². The van der Waals surface area contributed by atoms with Gasteiger partial charge in [0.25, 0.3) is 0 Å². The molecule has 2 N–H and O–H groups in total. The molecular formula is C13H19NO. The molecule has 0 aromatic heterocycles. The van der Waals surface area contributed by atoms with E-state index in [1.54, 1.807) is 0 Å². The molecule has 0 unspecified atom stereocenters. The summed E-state index contributed by atoms with van der Waals surface area (Å²) in [6.07, 6.45) is 4.80. The fourth-order valence-corrected chi connectivity index (χ4v) is 1.98.